The van der Waals surface area contributed by atoms with Crippen LogP contribution in [0.3, 0.4) is 0 Å². The predicted octanol–water partition coefficient (Wildman–Crippen LogP) is 0.881. The van der Waals surface area contributed by atoms with E-state index in [9.17, 15) is 4.79 Å². The summed E-state index contributed by atoms with van der Waals surface area (Å²) in [4.78, 5) is 10.7. The van der Waals surface area contributed by atoms with E-state index in [0.717, 1.165) is 5.75 Å². The van der Waals surface area contributed by atoms with Crippen molar-refractivity contribution in [3.63, 3.8) is 0 Å². The van der Waals surface area contributed by atoms with E-state index in [1.54, 1.807) is 0 Å². The van der Waals surface area contributed by atoms with Gasteiger partial charge in [-0.2, -0.15) is 0 Å². The number of carboxylic acids is 1. The minimum absolute atomic E-state index is 0.0477. The molecule has 0 amide bonds. The molecule has 80 valence electrons. The van der Waals surface area contributed by atoms with E-state index < -0.39 is 12.0 Å². The van der Waals surface area contributed by atoms with Gasteiger partial charge in [0.25, 0.3) is 0 Å². The van der Waals surface area contributed by atoms with Gasteiger partial charge in [-0.3, -0.25) is 4.79 Å². The lowest BCUT2D eigenvalue weighted by Gasteiger charge is -2.11. The molecule has 1 fully saturated rings. The first-order chi connectivity index (χ1) is 7.25. The largest absolute Gasteiger partial charge is 0.489 e. The molecule has 0 bridgehead atoms. The minimum atomic E-state index is -0.811. The quantitative estimate of drug-likeness (QED) is 0.772. The third-order valence-corrected chi connectivity index (χ3v) is 2.43. The van der Waals surface area contributed by atoms with Crippen molar-refractivity contribution >= 4 is 5.97 Å². The van der Waals surface area contributed by atoms with Crippen LogP contribution in [0.25, 0.3) is 0 Å². The lowest BCUT2D eigenvalue weighted by molar-refractivity contribution is -0.139. The molecule has 1 heterocycles. The molecule has 1 saturated heterocycles. The van der Waals surface area contributed by atoms with Gasteiger partial charge in [-0.25, -0.2) is 0 Å². The summed E-state index contributed by atoms with van der Waals surface area (Å²) >= 11 is 0. The van der Waals surface area contributed by atoms with E-state index in [4.69, 9.17) is 9.84 Å². The summed E-state index contributed by atoms with van der Waals surface area (Å²) in [5, 5.41) is 11.7. The second kappa shape index (κ2) is 4.31. The van der Waals surface area contributed by atoms with E-state index in [-0.39, 0.29) is 6.10 Å². The average molecular weight is 207 g/mol. The summed E-state index contributed by atoms with van der Waals surface area (Å²) in [5.74, 6) is -0.0236. The number of hydrogen-bond donors (Lipinski definition) is 2. The van der Waals surface area contributed by atoms with Crippen molar-refractivity contribution in [3.05, 3.63) is 30.3 Å². The second-order valence-electron chi connectivity index (χ2n) is 3.59. The fourth-order valence-electron chi connectivity index (χ4n) is 1.67. The van der Waals surface area contributed by atoms with Gasteiger partial charge in [-0.1, -0.05) is 18.2 Å². The Morgan fingerprint density at radius 2 is 2.13 bits per heavy atom. The Kier molecular flexibility index (Phi) is 2.87. The number of hydrogen-bond acceptors (Lipinski definition) is 3. The predicted molar refractivity (Wildman–Crippen MR) is 54.9 cm³/mol. The number of rotatable bonds is 3. The molecule has 2 unspecified atom stereocenters. The third-order valence-electron chi connectivity index (χ3n) is 2.43. The van der Waals surface area contributed by atoms with Crippen molar-refractivity contribution in [2.75, 3.05) is 6.54 Å². The number of carbonyl (C=O) groups is 1. The van der Waals surface area contributed by atoms with Gasteiger partial charge in [0.1, 0.15) is 17.9 Å². The Hall–Kier alpha value is -1.55. The number of nitrogens with one attached hydrogen (secondary N) is 1. The van der Waals surface area contributed by atoms with Crippen molar-refractivity contribution in [1.82, 2.24) is 5.32 Å². The molecule has 0 radical (unpaired) electrons. The third kappa shape index (κ3) is 2.47. The Bertz CT molecular complexity index is 339. The topological polar surface area (TPSA) is 58.6 Å². The maximum atomic E-state index is 10.7. The van der Waals surface area contributed by atoms with Crippen molar-refractivity contribution in [3.8, 4) is 5.75 Å². The fourth-order valence-corrected chi connectivity index (χ4v) is 1.67. The number of benzene rings is 1. The first kappa shape index (κ1) is 9.98. The van der Waals surface area contributed by atoms with Crippen LogP contribution < -0.4 is 10.1 Å². The number of carboxylic acid groups (broad SMARTS) is 1. The Balaban J connectivity index is 1.90. The number of aliphatic carboxylic acids is 1. The van der Waals surface area contributed by atoms with Crippen LogP contribution in [0.4, 0.5) is 0 Å². The highest BCUT2D eigenvalue weighted by molar-refractivity contribution is 5.73. The summed E-state index contributed by atoms with van der Waals surface area (Å²) in [6.45, 7) is 0.589. The standard InChI is InChI=1S/C11H13NO3/c13-11(14)10-6-9(7-12-10)15-8-4-2-1-3-5-8/h1-5,9-10,12H,6-7H2,(H,13,14). The fraction of sp³-hybridized carbons (Fsp3) is 0.364. The molecule has 1 aromatic carbocycles. The van der Waals surface area contributed by atoms with Crippen LogP contribution in [0.15, 0.2) is 30.3 Å². The highest BCUT2D eigenvalue weighted by Crippen LogP contribution is 2.16. The molecule has 1 aliphatic heterocycles. The number of ether oxygens (including phenoxy) is 1. The molecule has 2 N–H and O–H groups in total. The molecule has 0 aliphatic carbocycles. The van der Waals surface area contributed by atoms with Crippen molar-refractivity contribution in [1.29, 1.82) is 0 Å². The molecule has 4 heteroatoms. The van der Waals surface area contributed by atoms with Crippen LogP contribution in [0.5, 0.6) is 5.75 Å². The maximum Gasteiger partial charge on any atom is 0.320 e. The van der Waals surface area contributed by atoms with Gasteiger partial charge in [-0.05, 0) is 12.1 Å². The zero-order chi connectivity index (χ0) is 10.7. The average Bonchev–Trinajstić information content (AvgIpc) is 2.68. The van der Waals surface area contributed by atoms with E-state index in [2.05, 4.69) is 5.32 Å². The molecule has 0 aromatic heterocycles. The SMILES string of the molecule is O=C(O)C1CC(Oc2ccccc2)CN1. The van der Waals surface area contributed by atoms with Crippen LogP contribution >= 0.6 is 0 Å². The first-order valence-electron chi connectivity index (χ1n) is 4.93. The highest BCUT2D eigenvalue weighted by atomic mass is 16.5. The lowest BCUT2D eigenvalue weighted by atomic mass is 10.2. The molecule has 15 heavy (non-hydrogen) atoms. The second-order valence-corrected chi connectivity index (χ2v) is 3.59. The van der Waals surface area contributed by atoms with Gasteiger partial charge in [0, 0.05) is 13.0 Å². The van der Waals surface area contributed by atoms with E-state index in [1.165, 1.54) is 0 Å². The molecule has 1 aromatic rings. The Morgan fingerprint density at radius 3 is 2.73 bits per heavy atom. The van der Waals surface area contributed by atoms with E-state index >= 15 is 0 Å². The molecule has 2 atom stereocenters. The van der Waals surface area contributed by atoms with Gasteiger partial charge in [0.2, 0.25) is 0 Å². The maximum absolute atomic E-state index is 10.7. The van der Waals surface area contributed by atoms with Crippen molar-refractivity contribution in [2.45, 2.75) is 18.6 Å². The summed E-state index contributed by atoms with van der Waals surface area (Å²) in [6, 6.07) is 8.97. The van der Waals surface area contributed by atoms with Gasteiger partial charge in [-0.15, -0.1) is 0 Å². The van der Waals surface area contributed by atoms with Gasteiger partial charge in [0.05, 0.1) is 0 Å². The summed E-state index contributed by atoms with van der Waals surface area (Å²) in [7, 11) is 0. The number of para-hydroxylation sites is 1. The molecule has 1 aliphatic rings. The van der Waals surface area contributed by atoms with Gasteiger partial charge in [0.15, 0.2) is 0 Å². The van der Waals surface area contributed by atoms with E-state index in [0.29, 0.717) is 13.0 Å². The monoisotopic (exact) mass is 207 g/mol. The lowest BCUT2D eigenvalue weighted by Crippen LogP contribution is -2.30. The zero-order valence-corrected chi connectivity index (χ0v) is 8.22. The Morgan fingerprint density at radius 1 is 1.40 bits per heavy atom. The van der Waals surface area contributed by atoms with Crippen LogP contribution in [0.1, 0.15) is 6.42 Å². The minimum Gasteiger partial charge on any atom is -0.489 e. The van der Waals surface area contributed by atoms with Crippen LogP contribution in [0, 0.1) is 0 Å². The van der Waals surface area contributed by atoms with E-state index in [1.807, 2.05) is 30.3 Å². The van der Waals surface area contributed by atoms with Gasteiger partial charge >= 0.3 is 5.97 Å². The molecule has 4 nitrogen and oxygen atoms in total. The van der Waals surface area contributed by atoms with Crippen molar-refractivity contribution < 1.29 is 14.6 Å². The van der Waals surface area contributed by atoms with Crippen LogP contribution in [-0.4, -0.2) is 29.8 Å². The summed E-state index contributed by atoms with van der Waals surface area (Å²) in [5.41, 5.74) is 0. The molecule has 2 rings (SSSR count). The highest BCUT2D eigenvalue weighted by Gasteiger charge is 2.30. The molecule has 0 saturated carbocycles. The van der Waals surface area contributed by atoms with Crippen LogP contribution in [-0.2, 0) is 4.79 Å². The summed E-state index contributed by atoms with van der Waals surface area (Å²) in [6.07, 6.45) is 0.470. The molecular weight excluding hydrogens is 194 g/mol. The normalized spacial score (nSPS) is 25.1. The van der Waals surface area contributed by atoms with Crippen LogP contribution in [0.2, 0.25) is 0 Å². The van der Waals surface area contributed by atoms with Crippen molar-refractivity contribution in [2.24, 2.45) is 0 Å². The summed E-state index contributed by atoms with van der Waals surface area (Å²) < 4.78 is 5.63. The van der Waals surface area contributed by atoms with Gasteiger partial charge < -0.3 is 15.2 Å². The molecule has 0 spiro atoms. The Labute approximate surface area is 87.9 Å². The molecular formula is C11H13NO3. The smallest absolute Gasteiger partial charge is 0.320 e. The zero-order valence-electron chi connectivity index (χ0n) is 8.22. The first-order valence-corrected chi connectivity index (χ1v) is 4.93.